The summed E-state index contributed by atoms with van der Waals surface area (Å²) in [5.41, 5.74) is 1.43. The molecule has 0 amide bonds. The Morgan fingerprint density at radius 3 is 2.35 bits per heavy atom. The van der Waals surface area contributed by atoms with Crippen molar-refractivity contribution in [3.8, 4) is 0 Å². The monoisotopic (exact) mass is 395 g/mol. The van der Waals surface area contributed by atoms with Gasteiger partial charge in [-0.1, -0.05) is 23.7 Å². The molecule has 0 spiro atoms. The quantitative estimate of drug-likeness (QED) is 0.754. The van der Waals surface area contributed by atoms with Crippen LogP contribution in [0.2, 0.25) is 5.02 Å². The second kappa shape index (κ2) is 8.73. The third-order valence-corrected chi connectivity index (χ3v) is 6.01. The van der Waals surface area contributed by atoms with E-state index in [9.17, 15) is 8.42 Å². The smallest absolute Gasteiger partial charge is 0.263 e. The highest BCUT2D eigenvalue weighted by atomic mass is 35.5. The summed E-state index contributed by atoms with van der Waals surface area (Å²) >= 11 is 5.98. The molecule has 1 heterocycles. The van der Waals surface area contributed by atoms with Crippen LogP contribution in [-0.4, -0.2) is 52.7 Å². The van der Waals surface area contributed by atoms with E-state index in [4.69, 9.17) is 16.3 Å². The maximum absolute atomic E-state index is 12.4. The van der Waals surface area contributed by atoms with E-state index in [1.165, 1.54) is 6.07 Å². The largest absolute Gasteiger partial charge is 0.384 e. The van der Waals surface area contributed by atoms with Gasteiger partial charge in [-0.05, 0) is 36.4 Å². The number of anilines is 2. The molecule has 1 aliphatic rings. The molecule has 2 aromatic carbocycles. The Labute approximate surface area is 159 Å². The molecule has 26 heavy (non-hydrogen) atoms. The molecule has 2 N–H and O–H groups in total. The number of sulfonamides is 1. The molecule has 2 aromatic rings. The van der Waals surface area contributed by atoms with Crippen LogP contribution in [0.1, 0.15) is 0 Å². The van der Waals surface area contributed by atoms with E-state index >= 15 is 0 Å². The van der Waals surface area contributed by atoms with Gasteiger partial charge in [0, 0.05) is 37.6 Å². The lowest BCUT2D eigenvalue weighted by Crippen LogP contribution is -2.38. The summed E-state index contributed by atoms with van der Waals surface area (Å²) in [6.45, 7) is 5.28. The first-order valence-corrected chi connectivity index (χ1v) is 10.3. The fourth-order valence-corrected chi connectivity index (χ4v) is 4.29. The molecular weight excluding hydrogens is 374 g/mol. The second-order valence-electron chi connectivity index (χ2n) is 5.99. The molecule has 8 heteroatoms. The number of hydrogen-bond acceptors (Lipinski definition) is 5. The minimum atomic E-state index is -3.71. The van der Waals surface area contributed by atoms with Crippen LogP contribution >= 0.6 is 11.6 Å². The standard InChI is InChI=1S/C18H22ClN3O3S/c19-17-3-1-2-4-18(17)26(23,24)21-16-7-5-15(6-8-16)20-9-10-22-11-13-25-14-12-22/h1-8,20-21H,9-14H2. The van der Waals surface area contributed by atoms with Crippen LogP contribution in [0.15, 0.2) is 53.4 Å². The maximum atomic E-state index is 12.4. The Morgan fingerprint density at radius 2 is 1.65 bits per heavy atom. The first-order chi connectivity index (χ1) is 12.5. The van der Waals surface area contributed by atoms with Crippen molar-refractivity contribution < 1.29 is 13.2 Å². The van der Waals surface area contributed by atoms with Crippen LogP contribution in [0.3, 0.4) is 0 Å². The van der Waals surface area contributed by atoms with E-state index in [0.29, 0.717) is 5.69 Å². The Hall–Kier alpha value is -1.80. The van der Waals surface area contributed by atoms with E-state index in [0.717, 1.165) is 45.1 Å². The molecule has 0 radical (unpaired) electrons. The Kier molecular flexibility index (Phi) is 6.37. The summed E-state index contributed by atoms with van der Waals surface area (Å²) in [5, 5.41) is 3.54. The number of rotatable bonds is 7. The van der Waals surface area contributed by atoms with Gasteiger partial charge in [0.05, 0.1) is 18.2 Å². The number of morpholine rings is 1. The number of nitrogens with one attached hydrogen (secondary N) is 2. The molecule has 1 saturated heterocycles. The Morgan fingerprint density at radius 1 is 1.00 bits per heavy atom. The van der Waals surface area contributed by atoms with Crippen molar-refractivity contribution in [3.05, 3.63) is 53.6 Å². The minimum Gasteiger partial charge on any atom is -0.384 e. The molecule has 3 rings (SSSR count). The van der Waals surface area contributed by atoms with Crippen LogP contribution in [0, 0.1) is 0 Å². The van der Waals surface area contributed by atoms with Gasteiger partial charge in [-0.25, -0.2) is 8.42 Å². The zero-order valence-corrected chi connectivity index (χ0v) is 15.9. The molecule has 0 saturated carbocycles. The first kappa shape index (κ1) is 19.0. The summed E-state index contributed by atoms with van der Waals surface area (Å²) in [7, 11) is -3.71. The zero-order valence-electron chi connectivity index (χ0n) is 14.3. The van der Waals surface area contributed by atoms with Gasteiger partial charge in [0.2, 0.25) is 0 Å². The maximum Gasteiger partial charge on any atom is 0.263 e. The summed E-state index contributed by atoms with van der Waals surface area (Å²) in [4.78, 5) is 2.41. The van der Waals surface area contributed by atoms with Crippen LogP contribution in [-0.2, 0) is 14.8 Å². The molecule has 0 aromatic heterocycles. The molecule has 0 aliphatic carbocycles. The van der Waals surface area contributed by atoms with E-state index in [1.54, 1.807) is 30.3 Å². The minimum absolute atomic E-state index is 0.0642. The number of ether oxygens (including phenoxy) is 1. The van der Waals surface area contributed by atoms with Crippen molar-refractivity contribution in [2.75, 3.05) is 49.4 Å². The normalized spacial score (nSPS) is 15.6. The fourth-order valence-electron chi connectivity index (χ4n) is 2.71. The van der Waals surface area contributed by atoms with E-state index in [1.807, 2.05) is 12.1 Å². The summed E-state index contributed by atoms with van der Waals surface area (Å²) < 4.78 is 32.7. The fraction of sp³-hybridized carbons (Fsp3) is 0.333. The third-order valence-electron chi connectivity index (χ3n) is 4.12. The van der Waals surface area contributed by atoms with Crippen molar-refractivity contribution in [3.63, 3.8) is 0 Å². The molecule has 0 bridgehead atoms. The SMILES string of the molecule is O=S(=O)(Nc1ccc(NCCN2CCOCC2)cc1)c1ccccc1Cl. The van der Waals surface area contributed by atoms with Gasteiger partial charge in [0.1, 0.15) is 4.90 Å². The predicted molar refractivity (Wildman–Crippen MR) is 104 cm³/mol. The van der Waals surface area contributed by atoms with Gasteiger partial charge in [-0.15, -0.1) is 0 Å². The highest BCUT2D eigenvalue weighted by molar-refractivity contribution is 7.92. The highest BCUT2D eigenvalue weighted by Gasteiger charge is 2.17. The number of benzene rings is 2. The van der Waals surface area contributed by atoms with Gasteiger partial charge in [0.15, 0.2) is 0 Å². The molecule has 1 aliphatic heterocycles. The third kappa shape index (κ3) is 5.11. The molecular formula is C18H22ClN3O3S. The Balaban J connectivity index is 1.55. The Bertz CT molecular complexity index is 822. The van der Waals surface area contributed by atoms with Crippen molar-refractivity contribution in [1.82, 2.24) is 4.90 Å². The zero-order chi connectivity index (χ0) is 18.4. The van der Waals surface area contributed by atoms with E-state index < -0.39 is 10.0 Å². The average Bonchev–Trinajstić information content (AvgIpc) is 2.64. The van der Waals surface area contributed by atoms with Crippen LogP contribution in [0.5, 0.6) is 0 Å². The van der Waals surface area contributed by atoms with Crippen LogP contribution < -0.4 is 10.0 Å². The molecule has 140 valence electrons. The molecule has 0 unspecified atom stereocenters. The van der Waals surface area contributed by atoms with E-state index in [-0.39, 0.29) is 9.92 Å². The van der Waals surface area contributed by atoms with Crippen LogP contribution in [0.4, 0.5) is 11.4 Å². The summed E-state index contributed by atoms with van der Waals surface area (Å²) in [6, 6.07) is 13.5. The first-order valence-electron chi connectivity index (χ1n) is 8.46. The van der Waals surface area contributed by atoms with Crippen molar-refractivity contribution in [1.29, 1.82) is 0 Å². The summed E-state index contributed by atoms with van der Waals surface area (Å²) in [5.74, 6) is 0. The van der Waals surface area contributed by atoms with Gasteiger partial charge < -0.3 is 10.1 Å². The van der Waals surface area contributed by atoms with Gasteiger partial charge in [-0.3, -0.25) is 9.62 Å². The molecule has 1 fully saturated rings. The second-order valence-corrected chi connectivity index (χ2v) is 8.05. The molecule has 6 nitrogen and oxygen atoms in total. The molecule has 0 atom stereocenters. The lowest BCUT2D eigenvalue weighted by Gasteiger charge is -2.26. The van der Waals surface area contributed by atoms with Crippen molar-refractivity contribution >= 4 is 33.0 Å². The predicted octanol–water partition coefficient (Wildman–Crippen LogP) is 2.88. The number of hydrogen-bond donors (Lipinski definition) is 2. The average molecular weight is 396 g/mol. The highest BCUT2D eigenvalue weighted by Crippen LogP contribution is 2.23. The van der Waals surface area contributed by atoms with Crippen molar-refractivity contribution in [2.45, 2.75) is 4.90 Å². The lowest BCUT2D eigenvalue weighted by atomic mass is 10.3. The number of halogens is 1. The van der Waals surface area contributed by atoms with Crippen LogP contribution in [0.25, 0.3) is 0 Å². The van der Waals surface area contributed by atoms with E-state index in [2.05, 4.69) is 14.9 Å². The van der Waals surface area contributed by atoms with Gasteiger partial charge in [-0.2, -0.15) is 0 Å². The number of nitrogens with zero attached hydrogens (tertiary/aromatic N) is 1. The lowest BCUT2D eigenvalue weighted by molar-refractivity contribution is 0.0398. The topological polar surface area (TPSA) is 70.7 Å². The van der Waals surface area contributed by atoms with Gasteiger partial charge in [0.25, 0.3) is 10.0 Å². The summed E-state index contributed by atoms with van der Waals surface area (Å²) in [6.07, 6.45) is 0. The van der Waals surface area contributed by atoms with Gasteiger partial charge >= 0.3 is 0 Å². The van der Waals surface area contributed by atoms with Crippen molar-refractivity contribution in [2.24, 2.45) is 0 Å².